The number of rotatable bonds is 10. The first-order valence-corrected chi connectivity index (χ1v) is 9.62. The van der Waals surface area contributed by atoms with E-state index in [0.29, 0.717) is 25.9 Å². The monoisotopic (exact) mass is 366 g/mol. The maximum Gasteiger partial charge on any atom is 0.118 e. The van der Waals surface area contributed by atoms with Crippen LogP contribution in [0.3, 0.4) is 0 Å². The second-order valence-corrected chi connectivity index (χ2v) is 7.58. The van der Waals surface area contributed by atoms with Crippen LogP contribution in [0, 0.1) is 0 Å². The second-order valence-electron chi connectivity index (χ2n) is 7.58. The van der Waals surface area contributed by atoms with Gasteiger partial charge in [0.05, 0.1) is 37.1 Å². The van der Waals surface area contributed by atoms with Crippen molar-refractivity contribution in [2.45, 2.75) is 82.9 Å². The average molecular weight is 366 g/mol. The number of ether oxygens (including phenoxy) is 3. The molecular weight excluding hydrogens is 332 g/mol. The molecule has 0 spiro atoms. The third-order valence-electron chi connectivity index (χ3n) is 5.77. The molecule has 1 aromatic rings. The van der Waals surface area contributed by atoms with Crippen LogP contribution < -0.4 is 4.74 Å². The Morgan fingerprint density at radius 1 is 1.31 bits per heavy atom. The van der Waals surface area contributed by atoms with Crippen molar-refractivity contribution in [2.24, 2.45) is 0 Å². The Balaban J connectivity index is 2.03. The molecule has 1 saturated heterocycles. The molecule has 26 heavy (non-hydrogen) atoms. The third-order valence-corrected chi connectivity index (χ3v) is 5.77. The summed E-state index contributed by atoms with van der Waals surface area (Å²) in [6.07, 6.45) is 2.69. The maximum atomic E-state index is 10.7. The molecule has 2 rings (SSSR count). The van der Waals surface area contributed by atoms with E-state index in [4.69, 9.17) is 14.2 Å². The fourth-order valence-electron chi connectivity index (χ4n) is 3.60. The highest BCUT2D eigenvalue weighted by molar-refractivity contribution is 5.26. The molecule has 0 aliphatic carbocycles. The summed E-state index contributed by atoms with van der Waals surface area (Å²) in [5, 5.41) is 20.6. The normalized spacial score (nSPS) is 24.8. The van der Waals surface area contributed by atoms with Crippen molar-refractivity contribution in [3.05, 3.63) is 29.8 Å². The predicted molar refractivity (Wildman–Crippen MR) is 101 cm³/mol. The molecule has 148 valence electrons. The Hall–Kier alpha value is -1.14. The van der Waals surface area contributed by atoms with E-state index in [0.717, 1.165) is 30.8 Å². The zero-order valence-electron chi connectivity index (χ0n) is 16.5. The number of aliphatic hydroxyl groups is 2. The van der Waals surface area contributed by atoms with E-state index in [1.165, 1.54) is 0 Å². The zero-order valence-corrected chi connectivity index (χ0v) is 16.5. The van der Waals surface area contributed by atoms with Gasteiger partial charge in [-0.25, -0.2) is 0 Å². The third kappa shape index (κ3) is 5.19. The number of aliphatic hydroxyl groups excluding tert-OH is 1. The molecule has 5 heteroatoms. The van der Waals surface area contributed by atoms with Crippen molar-refractivity contribution >= 4 is 0 Å². The van der Waals surface area contributed by atoms with Gasteiger partial charge >= 0.3 is 0 Å². The predicted octanol–water partition coefficient (Wildman–Crippen LogP) is 3.45. The molecule has 0 unspecified atom stereocenters. The van der Waals surface area contributed by atoms with Crippen LogP contribution in [0.5, 0.6) is 5.75 Å². The molecule has 5 nitrogen and oxygen atoms in total. The van der Waals surface area contributed by atoms with Gasteiger partial charge in [0.2, 0.25) is 0 Å². The molecule has 0 radical (unpaired) electrons. The van der Waals surface area contributed by atoms with E-state index >= 15 is 0 Å². The van der Waals surface area contributed by atoms with Gasteiger partial charge in [-0.15, -0.1) is 0 Å². The van der Waals surface area contributed by atoms with E-state index in [1.54, 1.807) is 14.0 Å². The largest absolute Gasteiger partial charge is 0.497 e. The molecule has 0 saturated carbocycles. The lowest BCUT2D eigenvalue weighted by molar-refractivity contribution is -0.134. The van der Waals surface area contributed by atoms with Gasteiger partial charge in [0.15, 0.2) is 0 Å². The van der Waals surface area contributed by atoms with Crippen molar-refractivity contribution in [1.82, 2.24) is 0 Å². The lowest BCUT2D eigenvalue weighted by Crippen LogP contribution is -2.45. The highest BCUT2D eigenvalue weighted by Crippen LogP contribution is 2.35. The minimum atomic E-state index is -1.09. The zero-order chi connectivity index (χ0) is 19.2. The topological polar surface area (TPSA) is 68.2 Å². The van der Waals surface area contributed by atoms with Crippen LogP contribution in [0.4, 0.5) is 0 Å². The van der Waals surface area contributed by atoms with E-state index in [9.17, 15) is 10.2 Å². The molecule has 2 N–H and O–H groups in total. The minimum Gasteiger partial charge on any atom is -0.497 e. The van der Waals surface area contributed by atoms with Crippen LogP contribution in [0.1, 0.15) is 58.4 Å². The van der Waals surface area contributed by atoms with Gasteiger partial charge in [-0.2, -0.15) is 0 Å². The standard InChI is InChI=1S/C21H34O5/c1-5-21(23,16(2)22)13-11-19(20(3)12-6-14-26-20)25-15-17-7-9-18(24-4)10-8-17/h7-10,16,19,22-23H,5-6,11-15H2,1-4H3/t16-,19+,20-,21-/m0/s1. The number of hydrogen-bond donors (Lipinski definition) is 2. The highest BCUT2D eigenvalue weighted by atomic mass is 16.6. The van der Waals surface area contributed by atoms with Crippen LogP contribution in [0.15, 0.2) is 24.3 Å². The summed E-state index contributed by atoms with van der Waals surface area (Å²) < 4.78 is 17.4. The van der Waals surface area contributed by atoms with E-state index in [2.05, 4.69) is 6.92 Å². The second kappa shape index (κ2) is 9.18. The highest BCUT2D eigenvalue weighted by Gasteiger charge is 2.41. The Labute approximate surface area is 157 Å². The Bertz CT molecular complexity index is 536. The number of benzene rings is 1. The van der Waals surface area contributed by atoms with Crippen molar-refractivity contribution in [3.63, 3.8) is 0 Å². The summed E-state index contributed by atoms with van der Waals surface area (Å²) in [4.78, 5) is 0. The summed E-state index contributed by atoms with van der Waals surface area (Å²) in [6, 6.07) is 7.83. The molecule has 1 heterocycles. The van der Waals surface area contributed by atoms with Gasteiger partial charge in [0.25, 0.3) is 0 Å². The summed E-state index contributed by atoms with van der Waals surface area (Å²) in [5.74, 6) is 0.821. The van der Waals surface area contributed by atoms with Crippen LogP contribution in [0.2, 0.25) is 0 Å². The summed E-state index contributed by atoms with van der Waals surface area (Å²) in [6.45, 7) is 6.85. The molecular formula is C21H34O5. The molecule has 4 atom stereocenters. The molecule has 0 bridgehead atoms. The fourth-order valence-corrected chi connectivity index (χ4v) is 3.60. The van der Waals surface area contributed by atoms with E-state index in [-0.39, 0.29) is 11.7 Å². The quantitative estimate of drug-likeness (QED) is 0.664. The van der Waals surface area contributed by atoms with Crippen LogP contribution in [0.25, 0.3) is 0 Å². The fraction of sp³-hybridized carbons (Fsp3) is 0.714. The summed E-state index contributed by atoms with van der Waals surface area (Å²) >= 11 is 0. The Morgan fingerprint density at radius 2 is 2.00 bits per heavy atom. The Kier molecular flexibility index (Phi) is 7.47. The lowest BCUT2D eigenvalue weighted by Gasteiger charge is -2.37. The molecule has 1 aliphatic rings. The van der Waals surface area contributed by atoms with Crippen molar-refractivity contribution in [3.8, 4) is 5.75 Å². The van der Waals surface area contributed by atoms with Crippen molar-refractivity contribution in [1.29, 1.82) is 0 Å². The van der Waals surface area contributed by atoms with Gasteiger partial charge in [0.1, 0.15) is 5.75 Å². The number of methoxy groups -OCH3 is 1. The first kappa shape index (κ1) is 21.2. The van der Waals surface area contributed by atoms with Gasteiger partial charge in [-0.1, -0.05) is 19.1 Å². The number of hydrogen-bond acceptors (Lipinski definition) is 5. The van der Waals surface area contributed by atoms with Crippen molar-refractivity contribution in [2.75, 3.05) is 13.7 Å². The lowest BCUT2D eigenvalue weighted by atomic mass is 9.84. The SMILES string of the molecule is CC[C@](O)(CC[C@@H](OCc1ccc(OC)cc1)[C@]1(C)CCCO1)[C@H](C)O. The van der Waals surface area contributed by atoms with Gasteiger partial charge in [-0.3, -0.25) is 0 Å². The van der Waals surface area contributed by atoms with Gasteiger partial charge < -0.3 is 24.4 Å². The van der Waals surface area contributed by atoms with E-state index < -0.39 is 11.7 Å². The van der Waals surface area contributed by atoms with Gasteiger partial charge in [0, 0.05) is 6.61 Å². The first-order valence-electron chi connectivity index (χ1n) is 9.62. The summed E-state index contributed by atoms with van der Waals surface area (Å²) in [7, 11) is 1.65. The Morgan fingerprint density at radius 3 is 2.50 bits per heavy atom. The van der Waals surface area contributed by atoms with Crippen LogP contribution in [-0.4, -0.2) is 47.3 Å². The molecule has 1 aliphatic heterocycles. The summed E-state index contributed by atoms with van der Waals surface area (Å²) in [5.41, 5.74) is -0.366. The molecule has 1 aromatic carbocycles. The molecule has 0 amide bonds. The van der Waals surface area contributed by atoms with Crippen LogP contribution >= 0.6 is 0 Å². The molecule has 0 aromatic heterocycles. The van der Waals surface area contributed by atoms with Crippen molar-refractivity contribution < 1.29 is 24.4 Å². The van der Waals surface area contributed by atoms with E-state index in [1.807, 2.05) is 31.2 Å². The van der Waals surface area contributed by atoms with Gasteiger partial charge in [-0.05, 0) is 63.6 Å². The first-order chi connectivity index (χ1) is 12.3. The minimum absolute atomic E-state index is 0.135. The maximum absolute atomic E-state index is 10.7. The molecule has 1 fully saturated rings. The smallest absolute Gasteiger partial charge is 0.118 e. The van der Waals surface area contributed by atoms with Crippen LogP contribution in [-0.2, 0) is 16.1 Å². The average Bonchev–Trinajstić information content (AvgIpc) is 3.09.